The number of hydrogen-bond donors (Lipinski definition) is 0. The number of carbonyl (C=O) groups excluding carboxylic acids is 1. The Balaban J connectivity index is 1.63. The van der Waals surface area contributed by atoms with Gasteiger partial charge in [0.1, 0.15) is 5.78 Å². The highest BCUT2D eigenvalue weighted by Crippen LogP contribution is 2.69. The van der Waals surface area contributed by atoms with Gasteiger partial charge in [0, 0.05) is 18.4 Å². The molecule has 2 nitrogen and oxygen atoms in total. The molecule has 0 amide bonds. The van der Waals surface area contributed by atoms with Crippen molar-refractivity contribution in [3.63, 3.8) is 0 Å². The zero-order valence-corrected chi connectivity index (χ0v) is 15.6. The van der Waals surface area contributed by atoms with E-state index in [1.165, 1.54) is 50.5 Å². The largest absolute Gasteiger partial charge is 0.376 e. The van der Waals surface area contributed by atoms with Gasteiger partial charge in [-0.1, -0.05) is 30.7 Å². The van der Waals surface area contributed by atoms with Crippen molar-refractivity contribution >= 4 is 5.78 Å². The van der Waals surface area contributed by atoms with Crippen LogP contribution in [0.1, 0.15) is 65.2 Å². The molecular formula is C22H32O2. The van der Waals surface area contributed by atoms with E-state index in [2.05, 4.69) is 19.6 Å². The van der Waals surface area contributed by atoms with Crippen molar-refractivity contribution in [2.45, 2.75) is 71.3 Å². The molecule has 4 rings (SSSR count). The van der Waals surface area contributed by atoms with Crippen molar-refractivity contribution in [1.82, 2.24) is 0 Å². The van der Waals surface area contributed by atoms with E-state index in [-0.39, 0.29) is 22.9 Å². The molecule has 0 spiro atoms. The molecule has 4 aliphatic rings. The van der Waals surface area contributed by atoms with Crippen molar-refractivity contribution in [2.75, 3.05) is 7.11 Å². The fourth-order valence-electron chi connectivity index (χ4n) is 6.80. The molecule has 0 radical (unpaired) electrons. The van der Waals surface area contributed by atoms with Crippen molar-refractivity contribution < 1.29 is 9.53 Å². The summed E-state index contributed by atoms with van der Waals surface area (Å²) in [6.07, 6.45) is 12.3. The van der Waals surface area contributed by atoms with E-state index in [0.717, 1.165) is 12.3 Å². The van der Waals surface area contributed by atoms with E-state index in [0.29, 0.717) is 11.7 Å². The Morgan fingerprint density at radius 2 is 2.12 bits per heavy atom. The molecule has 0 aliphatic heterocycles. The minimum Gasteiger partial charge on any atom is -0.376 e. The van der Waals surface area contributed by atoms with Gasteiger partial charge in [0.25, 0.3) is 0 Å². The average molecular weight is 328 g/mol. The molecular weight excluding hydrogens is 296 g/mol. The van der Waals surface area contributed by atoms with E-state index in [4.69, 9.17) is 4.74 Å². The number of hydrogen-bond acceptors (Lipinski definition) is 2. The lowest BCUT2D eigenvalue weighted by Gasteiger charge is -2.42. The van der Waals surface area contributed by atoms with Gasteiger partial charge in [-0.05, 0) is 75.5 Å². The molecule has 24 heavy (non-hydrogen) atoms. The van der Waals surface area contributed by atoms with Crippen LogP contribution in [-0.2, 0) is 9.53 Å². The molecule has 132 valence electrons. The maximum absolute atomic E-state index is 12.1. The summed E-state index contributed by atoms with van der Waals surface area (Å²) in [7, 11) is 1.87. The van der Waals surface area contributed by atoms with E-state index >= 15 is 0 Å². The topological polar surface area (TPSA) is 26.3 Å². The first kappa shape index (κ1) is 16.6. The van der Waals surface area contributed by atoms with Gasteiger partial charge in [0.2, 0.25) is 0 Å². The third kappa shape index (κ3) is 2.14. The monoisotopic (exact) mass is 328 g/mol. The Kier molecular flexibility index (Phi) is 3.84. The predicted molar refractivity (Wildman–Crippen MR) is 96.6 cm³/mol. The second kappa shape index (κ2) is 5.56. The number of Topliss-reactive ketones (excluding diaryl/α,β-unsaturated/α-hetero) is 1. The highest BCUT2D eigenvalue weighted by atomic mass is 16.5. The first-order valence-electron chi connectivity index (χ1n) is 9.85. The molecule has 4 fully saturated rings. The Morgan fingerprint density at radius 1 is 1.33 bits per heavy atom. The Labute approximate surface area is 146 Å². The molecule has 0 heterocycles. The molecule has 0 aromatic rings. The lowest BCUT2D eigenvalue weighted by Crippen LogP contribution is -2.36. The van der Waals surface area contributed by atoms with Crippen LogP contribution in [0.5, 0.6) is 0 Å². The van der Waals surface area contributed by atoms with Gasteiger partial charge in [-0.3, -0.25) is 4.79 Å². The van der Waals surface area contributed by atoms with Gasteiger partial charge in [-0.25, -0.2) is 0 Å². The summed E-state index contributed by atoms with van der Waals surface area (Å²) < 4.78 is 6.00. The summed E-state index contributed by atoms with van der Waals surface area (Å²) in [6.45, 7) is 8.54. The van der Waals surface area contributed by atoms with Gasteiger partial charge in [0.05, 0.1) is 6.10 Å². The van der Waals surface area contributed by atoms with Crippen LogP contribution in [0, 0.1) is 28.6 Å². The van der Waals surface area contributed by atoms with Crippen LogP contribution in [-0.4, -0.2) is 19.0 Å². The Morgan fingerprint density at radius 3 is 2.71 bits per heavy atom. The Bertz CT molecular complexity index is 603. The van der Waals surface area contributed by atoms with E-state index in [1.807, 2.05) is 7.11 Å². The molecule has 0 N–H and O–H groups in total. The number of carbonyl (C=O) groups is 1. The molecule has 2 heteroatoms. The maximum Gasteiger partial charge on any atom is 0.133 e. The first-order chi connectivity index (χ1) is 11.4. The number of fused-ring (bicyclic) bond motifs is 2. The number of methoxy groups -OCH3 is 1. The predicted octanol–water partition coefficient (Wildman–Crippen LogP) is 5.09. The fraction of sp³-hybridized carbons (Fsp3) is 0.773. The first-order valence-corrected chi connectivity index (χ1v) is 9.85. The van der Waals surface area contributed by atoms with Crippen molar-refractivity contribution in [1.29, 1.82) is 0 Å². The molecule has 0 aromatic heterocycles. The van der Waals surface area contributed by atoms with Crippen molar-refractivity contribution in [3.05, 3.63) is 23.8 Å². The van der Waals surface area contributed by atoms with Crippen LogP contribution in [0.15, 0.2) is 23.8 Å². The number of ketones is 1. The average Bonchev–Trinajstić information content (AvgIpc) is 3.04. The number of rotatable bonds is 4. The maximum atomic E-state index is 12.1. The minimum absolute atomic E-state index is 0.182. The molecule has 4 aliphatic carbocycles. The van der Waals surface area contributed by atoms with Crippen LogP contribution < -0.4 is 0 Å². The quantitative estimate of drug-likeness (QED) is 0.672. The second-order valence-corrected chi connectivity index (χ2v) is 9.13. The summed E-state index contributed by atoms with van der Waals surface area (Å²) in [4.78, 5) is 12.1. The van der Waals surface area contributed by atoms with Gasteiger partial charge < -0.3 is 4.74 Å². The molecule has 6 atom stereocenters. The molecule has 3 unspecified atom stereocenters. The van der Waals surface area contributed by atoms with Crippen LogP contribution in [0.25, 0.3) is 0 Å². The lowest BCUT2D eigenvalue weighted by atomic mass is 9.62. The summed E-state index contributed by atoms with van der Waals surface area (Å²) in [5, 5.41) is 0. The zero-order chi connectivity index (χ0) is 17.1. The minimum atomic E-state index is 0.182. The summed E-state index contributed by atoms with van der Waals surface area (Å²) in [6, 6.07) is 0. The lowest BCUT2D eigenvalue weighted by molar-refractivity contribution is -0.124. The van der Waals surface area contributed by atoms with Gasteiger partial charge >= 0.3 is 0 Å². The fourth-order valence-corrected chi connectivity index (χ4v) is 6.80. The van der Waals surface area contributed by atoms with Crippen molar-refractivity contribution in [3.8, 4) is 0 Å². The Hall–Kier alpha value is -0.890. The third-order valence-electron chi connectivity index (χ3n) is 8.19. The van der Waals surface area contributed by atoms with Crippen molar-refractivity contribution in [2.24, 2.45) is 28.6 Å². The summed E-state index contributed by atoms with van der Waals surface area (Å²) in [5.74, 6) is 2.05. The van der Waals surface area contributed by atoms with Crippen LogP contribution in [0.2, 0.25) is 0 Å². The molecule has 0 saturated heterocycles. The van der Waals surface area contributed by atoms with Crippen LogP contribution in [0.4, 0.5) is 0 Å². The number of ether oxygens (including phenoxy) is 1. The van der Waals surface area contributed by atoms with Crippen LogP contribution >= 0.6 is 0 Å². The van der Waals surface area contributed by atoms with E-state index in [1.54, 1.807) is 12.5 Å². The summed E-state index contributed by atoms with van der Waals surface area (Å²) in [5.41, 5.74) is 3.43. The van der Waals surface area contributed by atoms with Gasteiger partial charge in [-0.15, -0.1) is 0 Å². The standard InChI is InChI=1S/C22H32O2/c1-14-7-8-17-13-22(14,17)20(24-4)12-16-6-5-11-21(3)18(15(2)23)9-10-19(16)21/h12,17-20H,1,5-11,13H2,2-4H3/t17?,18-,19+,20?,21-,22?/m1/s1. The third-order valence-corrected chi connectivity index (χ3v) is 8.19. The number of allylic oxidation sites excluding steroid dienone is 1. The molecule has 0 aromatic carbocycles. The van der Waals surface area contributed by atoms with Gasteiger partial charge in [-0.2, -0.15) is 0 Å². The SMILES string of the molecule is C=C1CCC2CC12C(C=C1CCC[C@]2(C)[C@@H](C(C)=O)CC[C@@H]12)OC. The second-order valence-electron chi connectivity index (χ2n) is 9.13. The highest BCUT2D eigenvalue weighted by Gasteiger charge is 2.63. The molecule has 4 saturated carbocycles. The summed E-state index contributed by atoms with van der Waals surface area (Å²) >= 11 is 0. The van der Waals surface area contributed by atoms with Crippen LogP contribution in [0.3, 0.4) is 0 Å². The van der Waals surface area contributed by atoms with Gasteiger partial charge in [0.15, 0.2) is 0 Å². The van der Waals surface area contributed by atoms with E-state index in [9.17, 15) is 4.79 Å². The smallest absolute Gasteiger partial charge is 0.133 e. The molecule has 0 bridgehead atoms. The highest BCUT2D eigenvalue weighted by molar-refractivity contribution is 5.79. The zero-order valence-electron chi connectivity index (χ0n) is 15.6. The normalized spacial score (nSPS) is 46.7. The van der Waals surface area contributed by atoms with E-state index < -0.39 is 0 Å².